The molecule has 0 aliphatic carbocycles. The van der Waals surface area contributed by atoms with Gasteiger partial charge >= 0.3 is 0 Å². The van der Waals surface area contributed by atoms with Crippen LogP contribution in [0.1, 0.15) is 32.9 Å². The third-order valence-electron chi connectivity index (χ3n) is 2.71. The first-order valence-electron chi connectivity index (χ1n) is 6.24. The van der Waals surface area contributed by atoms with Gasteiger partial charge in [-0.05, 0) is 17.9 Å². The molecule has 98 valence electrons. The van der Waals surface area contributed by atoms with E-state index in [1.165, 1.54) is 5.69 Å². The lowest BCUT2D eigenvalue weighted by Gasteiger charge is -2.22. The molecule has 0 amide bonds. The molecule has 1 aromatic heterocycles. The van der Waals surface area contributed by atoms with Gasteiger partial charge in [0.15, 0.2) is 0 Å². The van der Waals surface area contributed by atoms with Crippen molar-refractivity contribution in [3.8, 4) is 0 Å². The largest absolute Gasteiger partial charge is 0.392 e. The van der Waals surface area contributed by atoms with Crippen molar-refractivity contribution >= 4 is 0 Å². The van der Waals surface area contributed by atoms with Crippen LogP contribution in [0.2, 0.25) is 0 Å². The number of hydrogen-bond donors (Lipinski definition) is 2. The number of aromatic nitrogens is 2. The van der Waals surface area contributed by atoms with E-state index in [0.29, 0.717) is 6.54 Å². The lowest BCUT2D eigenvalue weighted by atomic mass is 9.89. The van der Waals surface area contributed by atoms with Crippen LogP contribution in [-0.4, -0.2) is 34.1 Å². The van der Waals surface area contributed by atoms with Crippen molar-refractivity contribution in [1.29, 1.82) is 0 Å². The number of nitrogens with zero attached hydrogens (tertiary/aromatic N) is 2. The maximum absolute atomic E-state index is 9.82. The second kappa shape index (κ2) is 6.17. The average Bonchev–Trinajstić information content (AvgIpc) is 2.56. The molecule has 0 radical (unpaired) electrons. The molecule has 1 heterocycles. The van der Waals surface area contributed by atoms with Crippen LogP contribution in [0, 0.1) is 5.41 Å². The van der Waals surface area contributed by atoms with Gasteiger partial charge in [-0.3, -0.25) is 4.68 Å². The third kappa shape index (κ3) is 5.84. The lowest BCUT2D eigenvalue weighted by Crippen LogP contribution is -2.31. The van der Waals surface area contributed by atoms with Gasteiger partial charge in [0, 0.05) is 38.4 Å². The summed E-state index contributed by atoms with van der Waals surface area (Å²) in [6.07, 6.45) is 3.32. The van der Waals surface area contributed by atoms with E-state index < -0.39 is 0 Å². The maximum atomic E-state index is 9.82. The summed E-state index contributed by atoms with van der Waals surface area (Å²) in [4.78, 5) is 0. The van der Waals surface area contributed by atoms with Gasteiger partial charge in [0.05, 0.1) is 6.10 Å². The minimum atomic E-state index is -0.262. The van der Waals surface area contributed by atoms with Crippen molar-refractivity contribution in [1.82, 2.24) is 15.1 Å². The maximum Gasteiger partial charge on any atom is 0.0669 e. The summed E-state index contributed by atoms with van der Waals surface area (Å²) in [5.41, 5.74) is 1.39. The van der Waals surface area contributed by atoms with Crippen molar-refractivity contribution in [3.05, 3.63) is 18.0 Å². The molecule has 0 aliphatic rings. The zero-order valence-corrected chi connectivity index (χ0v) is 11.4. The van der Waals surface area contributed by atoms with E-state index >= 15 is 0 Å². The first-order chi connectivity index (χ1) is 7.88. The number of nitrogens with one attached hydrogen (secondary N) is 1. The molecule has 0 saturated heterocycles. The minimum Gasteiger partial charge on any atom is -0.392 e. The van der Waals surface area contributed by atoms with Gasteiger partial charge in [-0.1, -0.05) is 20.8 Å². The normalized spacial score (nSPS) is 13.9. The van der Waals surface area contributed by atoms with Crippen molar-refractivity contribution in [3.63, 3.8) is 0 Å². The van der Waals surface area contributed by atoms with E-state index in [1.54, 1.807) is 0 Å². The predicted molar refractivity (Wildman–Crippen MR) is 69.9 cm³/mol. The van der Waals surface area contributed by atoms with Crippen molar-refractivity contribution in [2.24, 2.45) is 12.5 Å². The van der Waals surface area contributed by atoms with Crippen LogP contribution in [0.4, 0.5) is 0 Å². The molecule has 2 N–H and O–H groups in total. The summed E-state index contributed by atoms with van der Waals surface area (Å²) in [7, 11) is 1.95. The van der Waals surface area contributed by atoms with Gasteiger partial charge in [-0.2, -0.15) is 5.10 Å². The van der Waals surface area contributed by atoms with Crippen LogP contribution in [0.3, 0.4) is 0 Å². The first-order valence-corrected chi connectivity index (χ1v) is 6.24. The summed E-state index contributed by atoms with van der Waals surface area (Å²) in [6.45, 7) is 7.97. The van der Waals surface area contributed by atoms with Crippen LogP contribution in [0.5, 0.6) is 0 Å². The van der Waals surface area contributed by atoms with Crippen molar-refractivity contribution in [2.45, 2.75) is 39.7 Å². The molecule has 4 heteroatoms. The Labute approximate surface area is 104 Å². The monoisotopic (exact) mass is 239 g/mol. The van der Waals surface area contributed by atoms with E-state index in [2.05, 4.69) is 31.2 Å². The van der Waals surface area contributed by atoms with Crippen LogP contribution < -0.4 is 5.32 Å². The summed E-state index contributed by atoms with van der Waals surface area (Å²) in [6, 6.07) is 2.02. The van der Waals surface area contributed by atoms with Gasteiger partial charge < -0.3 is 10.4 Å². The smallest absolute Gasteiger partial charge is 0.0669 e. The van der Waals surface area contributed by atoms with Gasteiger partial charge in [0.25, 0.3) is 0 Å². The van der Waals surface area contributed by atoms with Crippen LogP contribution >= 0.6 is 0 Å². The molecule has 17 heavy (non-hydrogen) atoms. The Morgan fingerprint density at radius 3 is 2.71 bits per heavy atom. The van der Waals surface area contributed by atoms with E-state index in [0.717, 1.165) is 19.4 Å². The Hall–Kier alpha value is -0.870. The Balaban J connectivity index is 2.14. The number of aliphatic hydroxyl groups excluding tert-OH is 1. The highest BCUT2D eigenvalue weighted by Gasteiger charge is 2.15. The van der Waals surface area contributed by atoms with Gasteiger partial charge in [-0.25, -0.2) is 0 Å². The van der Waals surface area contributed by atoms with E-state index in [-0.39, 0.29) is 11.5 Å². The molecule has 0 spiro atoms. The van der Waals surface area contributed by atoms with Crippen LogP contribution in [0.15, 0.2) is 12.3 Å². The van der Waals surface area contributed by atoms with Crippen LogP contribution in [0.25, 0.3) is 0 Å². The van der Waals surface area contributed by atoms with Gasteiger partial charge in [-0.15, -0.1) is 0 Å². The molecular formula is C13H25N3O. The average molecular weight is 239 g/mol. The Morgan fingerprint density at radius 1 is 1.47 bits per heavy atom. The molecule has 0 bridgehead atoms. The lowest BCUT2D eigenvalue weighted by molar-refractivity contribution is 0.120. The highest BCUT2D eigenvalue weighted by atomic mass is 16.3. The highest BCUT2D eigenvalue weighted by Crippen LogP contribution is 2.20. The molecule has 0 saturated carbocycles. The summed E-state index contributed by atoms with van der Waals surface area (Å²) < 4.78 is 1.88. The predicted octanol–water partition coefficient (Wildman–Crippen LogP) is 1.35. The zero-order chi connectivity index (χ0) is 12.9. The van der Waals surface area contributed by atoms with E-state index in [1.807, 2.05) is 24.0 Å². The fourth-order valence-corrected chi connectivity index (χ4v) is 1.91. The van der Waals surface area contributed by atoms with Crippen molar-refractivity contribution < 1.29 is 5.11 Å². The molecule has 1 rings (SSSR count). The number of aryl methyl sites for hydroxylation is 1. The molecule has 4 nitrogen and oxygen atoms in total. The quantitative estimate of drug-likeness (QED) is 0.737. The Bertz CT molecular complexity index is 328. The molecule has 0 aliphatic heterocycles. The zero-order valence-electron chi connectivity index (χ0n) is 11.4. The van der Waals surface area contributed by atoms with E-state index in [9.17, 15) is 5.11 Å². The molecular weight excluding hydrogens is 214 g/mol. The van der Waals surface area contributed by atoms with Crippen molar-refractivity contribution in [2.75, 3.05) is 13.1 Å². The molecule has 1 atom stereocenters. The van der Waals surface area contributed by atoms with Crippen LogP contribution in [-0.2, 0) is 13.5 Å². The van der Waals surface area contributed by atoms with E-state index in [4.69, 9.17) is 0 Å². The standard InChI is InChI=1S/C13H25N3O/c1-13(2,3)9-12(17)10-14-7-5-11-6-8-15-16(11)4/h6,8,12,14,17H,5,7,9-10H2,1-4H3. The Kier molecular flexibility index (Phi) is 5.15. The van der Waals surface area contributed by atoms with Gasteiger partial charge in [0.2, 0.25) is 0 Å². The van der Waals surface area contributed by atoms with Gasteiger partial charge in [0.1, 0.15) is 0 Å². The number of rotatable bonds is 6. The summed E-state index contributed by atoms with van der Waals surface area (Å²) >= 11 is 0. The number of aliphatic hydroxyl groups is 1. The fraction of sp³-hybridized carbons (Fsp3) is 0.769. The minimum absolute atomic E-state index is 0.184. The Morgan fingerprint density at radius 2 is 2.18 bits per heavy atom. The second-order valence-corrected chi connectivity index (χ2v) is 5.82. The topological polar surface area (TPSA) is 50.1 Å². The summed E-state index contributed by atoms with van der Waals surface area (Å²) in [5, 5.41) is 17.2. The number of hydrogen-bond acceptors (Lipinski definition) is 3. The molecule has 1 aromatic rings. The molecule has 0 aromatic carbocycles. The molecule has 0 fully saturated rings. The summed E-state index contributed by atoms with van der Waals surface area (Å²) in [5.74, 6) is 0. The fourth-order valence-electron chi connectivity index (χ4n) is 1.91. The first kappa shape index (κ1) is 14.2. The molecule has 1 unspecified atom stereocenters. The third-order valence-corrected chi connectivity index (χ3v) is 2.71. The second-order valence-electron chi connectivity index (χ2n) is 5.82. The SMILES string of the molecule is Cn1nccc1CCNCC(O)CC(C)(C)C. The highest BCUT2D eigenvalue weighted by molar-refractivity contribution is 5.00.